The summed E-state index contributed by atoms with van der Waals surface area (Å²) in [5, 5.41) is 3.56. The Bertz CT molecular complexity index is 593. The summed E-state index contributed by atoms with van der Waals surface area (Å²) in [5.41, 5.74) is 5.95. The molecule has 0 saturated heterocycles. The normalized spacial score (nSPS) is 26.5. The van der Waals surface area contributed by atoms with Gasteiger partial charge in [0.2, 0.25) is 5.91 Å². The van der Waals surface area contributed by atoms with E-state index in [2.05, 4.69) is 5.32 Å². The zero-order valence-corrected chi connectivity index (χ0v) is 15.5. The minimum absolute atomic E-state index is 0.00408. The van der Waals surface area contributed by atoms with Crippen LogP contribution in [0.5, 0.6) is 0 Å². The van der Waals surface area contributed by atoms with Crippen molar-refractivity contribution in [2.24, 2.45) is 11.1 Å². The van der Waals surface area contributed by atoms with Crippen molar-refractivity contribution >= 4 is 17.5 Å². The van der Waals surface area contributed by atoms with Gasteiger partial charge in [0.1, 0.15) is 5.54 Å². The predicted molar refractivity (Wildman–Crippen MR) is 94.9 cm³/mol. The number of halogens is 1. The number of methoxy groups -OCH3 is 1. The summed E-state index contributed by atoms with van der Waals surface area (Å²) in [6.07, 6.45) is 0.251. The molecule has 3 unspecified atom stereocenters. The minimum Gasteiger partial charge on any atom is -0.378 e. The number of amides is 1. The molecule has 1 aromatic rings. The minimum atomic E-state index is -0.931. The molecule has 1 aromatic carbocycles. The number of ether oxygens (including phenoxy) is 2. The van der Waals surface area contributed by atoms with Crippen LogP contribution in [0.2, 0.25) is 5.02 Å². The zero-order chi connectivity index (χ0) is 18.0. The third kappa shape index (κ3) is 3.45. The van der Waals surface area contributed by atoms with Crippen molar-refractivity contribution in [2.75, 3.05) is 20.3 Å². The molecule has 134 valence electrons. The number of carbonyl (C=O) groups excluding carboxylic acids is 1. The van der Waals surface area contributed by atoms with Crippen LogP contribution in [0.15, 0.2) is 24.3 Å². The molecule has 24 heavy (non-hydrogen) atoms. The molecule has 1 saturated carbocycles. The highest BCUT2D eigenvalue weighted by atomic mass is 35.5. The van der Waals surface area contributed by atoms with Crippen LogP contribution < -0.4 is 11.1 Å². The second-order valence-electron chi connectivity index (χ2n) is 6.83. The zero-order valence-electron chi connectivity index (χ0n) is 14.8. The fraction of sp³-hybridized carbons (Fsp3) is 0.611. The smallest absolute Gasteiger partial charge is 0.240 e. The largest absolute Gasteiger partial charge is 0.378 e. The first-order valence-electron chi connectivity index (χ1n) is 8.23. The monoisotopic (exact) mass is 354 g/mol. The van der Waals surface area contributed by atoms with Gasteiger partial charge in [0, 0.05) is 37.1 Å². The molecule has 1 aliphatic carbocycles. The van der Waals surface area contributed by atoms with Crippen molar-refractivity contribution in [3.05, 3.63) is 34.9 Å². The van der Waals surface area contributed by atoms with Crippen molar-refractivity contribution in [3.63, 3.8) is 0 Å². The maximum absolute atomic E-state index is 12.7. The van der Waals surface area contributed by atoms with Crippen LogP contribution in [0, 0.1) is 5.41 Å². The molecule has 3 atom stereocenters. The van der Waals surface area contributed by atoms with Crippen molar-refractivity contribution in [2.45, 2.75) is 44.9 Å². The molecular weight excluding hydrogens is 328 g/mol. The SMILES string of the molecule is CCOC1CC(N)(C(=O)NCC(OC)c2cccc(Cl)c2)C1(C)C. The van der Waals surface area contributed by atoms with Crippen molar-refractivity contribution in [1.29, 1.82) is 0 Å². The number of nitrogens with one attached hydrogen (secondary N) is 1. The van der Waals surface area contributed by atoms with Gasteiger partial charge in [0.15, 0.2) is 0 Å². The first-order chi connectivity index (χ1) is 11.3. The Hall–Kier alpha value is -1.14. The first-order valence-corrected chi connectivity index (χ1v) is 8.61. The molecule has 1 amide bonds. The van der Waals surface area contributed by atoms with E-state index in [1.54, 1.807) is 13.2 Å². The Morgan fingerprint density at radius 1 is 1.50 bits per heavy atom. The Kier molecular flexibility index (Phi) is 5.91. The Balaban J connectivity index is 1.99. The van der Waals surface area contributed by atoms with E-state index in [0.717, 1.165) is 5.56 Å². The van der Waals surface area contributed by atoms with E-state index >= 15 is 0 Å². The molecule has 0 radical (unpaired) electrons. The molecule has 5 nitrogen and oxygen atoms in total. The number of benzene rings is 1. The average Bonchev–Trinajstić information content (AvgIpc) is 2.55. The number of rotatable bonds is 7. The lowest BCUT2D eigenvalue weighted by molar-refractivity contribution is -0.171. The van der Waals surface area contributed by atoms with Gasteiger partial charge in [-0.15, -0.1) is 0 Å². The molecule has 3 N–H and O–H groups in total. The summed E-state index contributed by atoms with van der Waals surface area (Å²) in [4.78, 5) is 12.7. The Morgan fingerprint density at radius 3 is 2.75 bits per heavy atom. The van der Waals surface area contributed by atoms with Crippen LogP contribution >= 0.6 is 11.6 Å². The Morgan fingerprint density at radius 2 is 2.21 bits per heavy atom. The molecule has 1 aliphatic rings. The van der Waals surface area contributed by atoms with Gasteiger partial charge in [0.05, 0.1) is 12.2 Å². The topological polar surface area (TPSA) is 73.6 Å². The van der Waals surface area contributed by atoms with Gasteiger partial charge in [-0.3, -0.25) is 4.79 Å². The van der Waals surface area contributed by atoms with Gasteiger partial charge in [0.25, 0.3) is 0 Å². The van der Waals surface area contributed by atoms with E-state index in [4.69, 9.17) is 26.8 Å². The van der Waals surface area contributed by atoms with Crippen LogP contribution in [0.4, 0.5) is 0 Å². The molecule has 2 rings (SSSR count). The van der Waals surface area contributed by atoms with Crippen LogP contribution in [0.1, 0.15) is 38.9 Å². The van der Waals surface area contributed by atoms with E-state index in [9.17, 15) is 4.79 Å². The summed E-state index contributed by atoms with van der Waals surface area (Å²) >= 11 is 6.02. The lowest BCUT2D eigenvalue weighted by Crippen LogP contribution is -2.75. The molecular formula is C18H27ClN2O3. The molecule has 0 aromatic heterocycles. The third-order valence-electron chi connectivity index (χ3n) is 5.19. The standard InChI is InChI=1S/C18H27ClN2O3/c1-5-24-15-10-18(20,17(15,2)3)16(22)21-11-14(23-4)12-7-6-8-13(19)9-12/h6-9,14-15H,5,10-11,20H2,1-4H3,(H,21,22). The third-order valence-corrected chi connectivity index (χ3v) is 5.42. The summed E-state index contributed by atoms with van der Waals surface area (Å²) in [6, 6.07) is 7.41. The maximum atomic E-state index is 12.7. The highest BCUT2D eigenvalue weighted by Gasteiger charge is 2.62. The van der Waals surface area contributed by atoms with Crippen LogP contribution in [0.25, 0.3) is 0 Å². The van der Waals surface area contributed by atoms with Gasteiger partial charge < -0.3 is 20.5 Å². The molecule has 0 aliphatic heterocycles. The Labute approximate surface area is 148 Å². The number of hydrogen-bond acceptors (Lipinski definition) is 4. The first kappa shape index (κ1) is 19.2. The highest BCUT2D eigenvalue weighted by Crippen LogP contribution is 2.49. The van der Waals surface area contributed by atoms with Gasteiger partial charge in [-0.05, 0) is 24.6 Å². The number of hydrogen-bond donors (Lipinski definition) is 2. The summed E-state index contributed by atoms with van der Waals surface area (Å²) in [6.45, 7) is 6.85. The lowest BCUT2D eigenvalue weighted by Gasteiger charge is -2.57. The van der Waals surface area contributed by atoms with E-state index in [0.29, 0.717) is 24.6 Å². The quantitative estimate of drug-likeness (QED) is 0.789. The number of carbonyl (C=O) groups is 1. The van der Waals surface area contributed by atoms with E-state index in [1.165, 1.54) is 0 Å². The van der Waals surface area contributed by atoms with Crippen molar-refractivity contribution in [3.8, 4) is 0 Å². The average molecular weight is 355 g/mol. The van der Waals surface area contributed by atoms with Crippen molar-refractivity contribution in [1.82, 2.24) is 5.32 Å². The highest BCUT2D eigenvalue weighted by molar-refractivity contribution is 6.30. The number of nitrogens with two attached hydrogens (primary N) is 1. The predicted octanol–water partition coefficient (Wildman–Crippen LogP) is 2.68. The van der Waals surface area contributed by atoms with Gasteiger partial charge in [-0.1, -0.05) is 37.6 Å². The molecule has 1 fully saturated rings. The second kappa shape index (κ2) is 7.40. The molecule has 0 bridgehead atoms. The lowest BCUT2D eigenvalue weighted by atomic mass is 9.54. The van der Waals surface area contributed by atoms with Crippen molar-refractivity contribution < 1.29 is 14.3 Å². The van der Waals surface area contributed by atoms with E-state index in [-0.39, 0.29) is 18.1 Å². The van der Waals surface area contributed by atoms with Crippen LogP contribution in [-0.4, -0.2) is 37.8 Å². The fourth-order valence-electron chi connectivity index (χ4n) is 3.21. The van der Waals surface area contributed by atoms with Crippen LogP contribution in [-0.2, 0) is 14.3 Å². The van der Waals surface area contributed by atoms with Gasteiger partial charge in [-0.25, -0.2) is 0 Å². The molecule has 6 heteroatoms. The summed E-state index contributed by atoms with van der Waals surface area (Å²) < 4.78 is 11.1. The van der Waals surface area contributed by atoms with Gasteiger partial charge in [-0.2, -0.15) is 0 Å². The molecule has 0 heterocycles. The second-order valence-corrected chi connectivity index (χ2v) is 7.27. The van der Waals surface area contributed by atoms with Crippen LogP contribution in [0.3, 0.4) is 0 Å². The summed E-state index contributed by atoms with van der Waals surface area (Å²) in [7, 11) is 1.61. The van der Waals surface area contributed by atoms with Gasteiger partial charge >= 0.3 is 0 Å². The fourth-order valence-corrected chi connectivity index (χ4v) is 3.41. The van der Waals surface area contributed by atoms with E-state index < -0.39 is 11.0 Å². The van der Waals surface area contributed by atoms with E-state index in [1.807, 2.05) is 39.0 Å². The maximum Gasteiger partial charge on any atom is 0.240 e. The molecule has 0 spiro atoms. The summed E-state index contributed by atoms with van der Waals surface area (Å²) in [5.74, 6) is -0.174.